The van der Waals surface area contributed by atoms with Crippen molar-refractivity contribution in [1.82, 2.24) is 9.38 Å². The van der Waals surface area contributed by atoms with Gasteiger partial charge in [0, 0.05) is 28.6 Å². The van der Waals surface area contributed by atoms with Crippen LogP contribution in [0.2, 0.25) is 0 Å². The van der Waals surface area contributed by atoms with Gasteiger partial charge in [-0.15, -0.1) is 40.8 Å². The maximum Gasteiger partial charge on any atom is 3.00 e. The zero-order chi connectivity index (χ0) is 31.5. The predicted molar refractivity (Wildman–Crippen MR) is 193 cm³/mol. The molecule has 0 atom stereocenters. The molecule has 1 aliphatic heterocycles. The van der Waals surface area contributed by atoms with Crippen LogP contribution in [-0.4, -0.2) is 15.4 Å². The summed E-state index contributed by atoms with van der Waals surface area (Å²) < 4.78 is 2.43. The van der Waals surface area contributed by atoms with Gasteiger partial charge in [0.2, 0.25) is 0 Å². The van der Waals surface area contributed by atoms with Crippen LogP contribution in [-0.2, 0) is 20.1 Å². The number of anilines is 3. The number of para-hydroxylation sites is 4. The fourth-order valence-corrected chi connectivity index (χ4v) is 6.72. The van der Waals surface area contributed by atoms with Crippen molar-refractivity contribution >= 4 is 55.2 Å². The Morgan fingerprint density at radius 3 is 2.09 bits per heavy atom. The summed E-state index contributed by atoms with van der Waals surface area (Å²) in [5.41, 5.74) is 13.1. The standard InChI is InChI=1S/C28H21N3.C14H14N.Ir/c1-18(2)29-17-30(25-14-8-7-13-24(25)29)26-16-15-20-19-9-3-5-11-22(19)31-23-12-6-4-10-21(23)27(26)28(20)31;1-10-4-6-13(7-5-10)14-8-11(2)12(3)9-15-14;/h3-15,17-18H,1-2H3;4-6,8-9H,1-3H3;/q-2;-1;+3. The molecule has 0 radical (unpaired) electrons. The molecule has 0 unspecified atom stereocenters. The van der Waals surface area contributed by atoms with Gasteiger partial charge in [-0.25, -0.2) is 0 Å². The molecule has 0 amide bonds. The Morgan fingerprint density at radius 2 is 1.38 bits per heavy atom. The number of benzene rings is 5. The second-order valence-corrected chi connectivity index (χ2v) is 12.6. The van der Waals surface area contributed by atoms with Crippen molar-refractivity contribution in [2.75, 3.05) is 9.80 Å². The van der Waals surface area contributed by atoms with E-state index in [1.165, 1.54) is 66.2 Å². The number of pyridine rings is 1. The third-order valence-corrected chi connectivity index (χ3v) is 9.23. The molecular formula is C42H35IrN4. The third kappa shape index (κ3) is 5.06. The molecule has 0 bridgehead atoms. The maximum absolute atomic E-state index is 4.41. The van der Waals surface area contributed by atoms with E-state index in [2.05, 4.69) is 170 Å². The minimum absolute atomic E-state index is 0. The quantitative estimate of drug-likeness (QED) is 0.167. The summed E-state index contributed by atoms with van der Waals surface area (Å²) >= 11 is 0. The average Bonchev–Trinajstić information content (AvgIpc) is 3.74. The van der Waals surface area contributed by atoms with Crippen LogP contribution in [0.15, 0.2) is 109 Å². The third-order valence-electron chi connectivity index (χ3n) is 9.23. The van der Waals surface area contributed by atoms with Crippen molar-refractivity contribution in [3.63, 3.8) is 0 Å². The molecular weight excluding hydrogens is 753 g/mol. The largest absolute Gasteiger partial charge is 3.00 e. The van der Waals surface area contributed by atoms with E-state index < -0.39 is 0 Å². The first-order valence-corrected chi connectivity index (χ1v) is 15.9. The Hall–Kier alpha value is -4.70. The van der Waals surface area contributed by atoms with E-state index >= 15 is 0 Å². The van der Waals surface area contributed by atoms with Crippen molar-refractivity contribution in [2.24, 2.45) is 0 Å². The minimum Gasteiger partial charge on any atom is -0.499 e. The van der Waals surface area contributed by atoms with E-state index in [4.69, 9.17) is 0 Å². The SMILES string of the molecule is CC(C)N1[CH-]N(c2[c-]cc3c4ccccc4n4c5ccccc5c2c34)c2ccccc21.Cc1c[c-]c(-c2cc(C)c(C)cn2)cc1.[Ir+3]. The molecule has 5 aromatic carbocycles. The van der Waals surface area contributed by atoms with Crippen LogP contribution < -0.4 is 9.80 Å². The predicted octanol–water partition coefficient (Wildman–Crippen LogP) is 10.6. The topological polar surface area (TPSA) is 23.8 Å². The number of hydrogen-bond acceptors (Lipinski definition) is 3. The molecule has 8 aromatic rings. The van der Waals surface area contributed by atoms with Crippen molar-refractivity contribution in [3.05, 3.63) is 145 Å². The van der Waals surface area contributed by atoms with Crippen molar-refractivity contribution in [3.8, 4) is 11.3 Å². The number of aryl methyl sites for hydroxylation is 3. The molecule has 0 saturated heterocycles. The van der Waals surface area contributed by atoms with Crippen LogP contribution >= 0.6 is 0 Å². The Labute approximate surface area is 290 Å². The molecule has 0 saturated carbocycles. The normalized spacial score (nSPS) is 12.6. The van der Waals surface area contributed by atoms with E-state index in [0.29, 0.717) is 6.04 Å². The molecule has 9 rings (SSSR count). The second kappa shape index (κ2) is 12.1. The van der Waals surface area contributed by atoms with Gasteiger partial charge in [0.25, 0.3) is 0 Å². The van der Waals surface area contributed by atoms with Crippen molar-refractivity contribution in [2.45, 2.75) is 40.7 Å². The smallest absolute Gasteiger partial charge is 0.499 e. The molecule has 0 fully saturated rings. The molecule has 1 aliphatic rings. The van der Waals surface area contributed by atoms with Gasteiger partial charge in [0.05, 0.1) is 0 Å². The Kier molecular flexibility index (Phi) is 7.99. The molecule has 4 nitrogen and oxygen atoms in total. The summed E-state index contributed by atoms with van der Waals surface area (Å²) in [7, 11) is 0. The first-order valence-electron chi connectivity index (χ1n) is 15.9. The van der Waals surface area contributed by atoms with Crippen molar-refractivity contribution in [1.29, 1.82) is 0 Å². The van der Waals surface area contributed by atoms with Gasteiger partial charge in [-0.1, -0.05) is 78.2 Å². The van der Waals surface area contributed by atoms with E-state index in [9.17, 15) is 0 Å². The van der Waals surface area contributed by atoms with Crippen molar-refractivity contribution < 1.29 is 20.1 Å². The summed E-state index contributed by atoms with van der Waals surface area (Å²) in [6.07, 6.45) is 1.92. The van der Waals surface area contributed by atoms with Crippen LogP contribution in [0.5, 0.6) is 0 Å². The van der Waals surface area contributed by atoms with Crippen LogP contribution in [0.3, 0.4) is 0 Å². The number of fused-ring (bicyclic) bond motifs is 7. The molecule has 5 heteroatoms. The number of aromatic nitrogens is 2. The Morgan fingerprint density at radius 1 is 0.702 bits per heavy atom. The molecule has 3 aromatic heterocycles. The van der Waals surface area contributed by atoms with Crippen LogP contribution in [0.25, 0.3) is 49.4 Å². The maximum atomic E-state index is 4.41. The van der Waals surface area contributed by atoms with Crippen LogP contribution in [0.4, 0.5) is 17.1 Å². The summed E-state index contributed by atoms with van der Waals surface area (Å²) in [5, 5.41) is 5.08. The van der Waals surface area contributed by atoms with Gasteiger partial charge in [0.1, 0.15) is 0 Å². The molecule has 0 spiro atoms. The number of nitrogens with zero attached hydrogens (tertiary/aromatic N) is 4. The van der Waals surface area contributed by atoms with Crippen LogP contribution in [0.1, 0.15) is 30.5 Å². The number of hydrogen-bond donors (Lipinski definition) is 0. The molecule has 4 heterocycles. The van der Waals surface area contributed by atoms with E-state index in [1.807, 2.05) is 12.3 Å². The zero-order valence-corrected chi connectivity index (χ0v) is 29.6. The van der Waals surface area contributed by atoms with Gasteiger partial charge in [-0.2, -0.15) is 18.8 Å². The molecule has 0 N–H and O–H groups in total. The second-order valence-electron chi connectivity index (χ2n) is 12.6. The van der Waals surface area contributed by atoms with Gasteiger partial charge in [-0.3, -0.25) is 0 Å². The molecule has 232 valence electrons. The first kappa shape index (κ1) is 30.9. The Balaban J connectivity index is 0.000000186. The summed E-state index contributed by atoms with van der Waals surface area (Å²) in [5.74, 6) is 0. The van der Waals surface area contributed by atoms with Gasteiger partial charge in [0.15, 0.2) is 0 Å². The minimum atomic E-state index is 0. The van der Waals surface area contributed by atoms with Gasteiger partial charge < -0.3 is 19.2 Å². The van der Waals surface area contributed by atoms with E-state index in [0.717, 1.165) is 16.9 Å². The average molecular weight is 788 g/mol. The summed E-state index contributed by atoms with van der Waals surface area (Å²) in [4.78, 5) is 9.07. The summed E-state index contributed by atoms with van der Waals surface area (Å²) in [6, 6.07) is 43.8. The van der Waals surface area contributed by atoms with E-state index in [-0.39, 0.29) is 20.1 Å². The summed E-state index contributed by atoms with van der Waals surface area (Å²) in [6.45, 7) is 12.9. The zero-order valence-electron chi connectivity index (χ0n) is 27.2. The van der Waals surface area contributed by atoms with Gasteiger partial charge in [-0.05, 0) is 85.5 Å². The fraction of sp³-hybridized carbons (Fsp3) is 0.143. The monoisotopic (exact) mass is 788 g/mol. The van der Waals surface area contributed by atoms with Gasteiger partial charge >= 0.3 is 20.1 Å². The fourth-order valence-electron chi connectivity index (χ4n) is 6.72. The van der Waals surface area contributed by atoms with Crippen LogP contribution in [0, 0.1) is 39.6 Å². The molecule has 47 heavy (non-hydrogen) atoms. The Bertz CT molecular complexity index is 2370. The first-order chi connectivity index (χ1) is 22.4. The molecule has 0 aliphatic carbocycles. The number of rotatable bonds is 3. The van der Waals surface area contributed by atoms with E-state index in [1.54, 1.807) is 0 Å².